The first-order valence-corrected chi connectivity index (χ1v) is 16.5. The van der Waals surface area contributed by atoms with Crippen molar-refractivity contribution in [1.82, 2.24) is 10.6 Å². The second kappa shape index (κ2) is 14.7. The standard InChI is InChI=1S/C34H32FN3O5S.CH3NO/c1-5-38(44(4,41)42)29-20-30-28(31(34(40)36-3)32(43-30)23-14-16-26(35)17-15-23)19-27(29)24-12-9-13-25(18-24)33(39)37-21(2)22-10-7-6-8-11-22;2-1-3/h6-21H,5H2,1-4H3,(H,36,40)(H,37,39);1H,(H2,2,3). The molecule has 0 saturated carbocycles. The number of benzene rings is 4. The maximum atomic E-state index is 13.7. The van der Waals surface area contributed by atoms with E-state index in [9.17, 15) is 22.4 Å². The molecule has 1 aromatic heterocycles. The van der Waals surface area contributed by atoms with Crippen molar-refractivity contribution < 1.29 is 31.6 Å². The number of hydrogen-bond acceptors (Lipinski definition) is 6. The van der Waals surface area contributed by atoms with E-state index in [1.54, 1.807) is 43.3 Å². The lowest BCUT2D eigenvalue weighted by Crippen LogP contribution is -2.30. The van der Waals surface area contributed by atoms with E-state index < -0.39 is 21.7 Å². The predicted octanol–water partition coefficient (Wildman–Crippen LogP) is 5.64. The molecule has 12 heteroatoms. The molecule has 0 bridgehead atoms. The summed E-state index contributed by atoms with van der Waals surface area (Å²) in [6.45, 7) is 3.73. The third-order valence-corrected chi connectivity index (χ3v) is 8.66. The Bertz CT molecular complexity index is 2010. The number of carbonyl (C=O) groups excluding carboxylic acids is 3. The van der Waals surface area contributed by atoms with E-state index in [1.807, 2.05) is 37.3 Å². The summed E-state index contributed by atoms with van der Waals surface area (Å²) in [6, 6.07) is 25.0. The number of anilines is 1. The van der Waals surface area contributed by atoms with Gasteiger partial charge in [0.2, 0.25) is 16.4 Å². The molecule has 5 rings (SSSR count). The van der Waals surface area contributed by atoms with Crippen molar-refractivity contribution in [2.24, 2.45) is 5.73 Å². The number of halogens is 1. The highest BCUT2D eigenvalue weighted by Crippen LogP contribution is 2.41. The zero-order valence-electron chi connectivity index (χ0n) is 26.3. The molecule has 0 aliphatic rings. The number of sulfonamides is 1. The molecule has 0 saturated heterocycles. The first-order chi connectivity index (χ1) is 22.4. The van der Waals surface area contributed by atoms with E-state index in [0.717, 1.165) is 11.8 Å². The smallest absolute Gasteiger partial charge is 0.255 e. The number of carbonyl (C=O) groups is 3. The number of nitrogens with zero attached hydrogens (tertiary/aromatic N) is 1. The summed E-state index contributed by atoms with van der Waals surface area (Å²) in [6.07, 6.45) is 1.36. The fourth-order valence-corrected chi connectivity index (χ4v) is 6.22. The molecule has 4 N–H and O–H groups in total. The largest absolute Gasteiger partial charge is 0.455 e. The van der Waals surface area contributed by atoms with E-state index in [1.165, 1.54) is 35.6 Å². The Morgan fingerprint density at radius 2 is 1.62 bits per heavy atom. The van der Waals surface area contributed by atoms with Crippen LogP contribution in [0.2, 0.25) is 0 Å². The summed E-state index contributed by atoms with van der Waals surface area (Å²) in [7, 11) is -2.24. The minimum absolute atomic E-state index is 0.125. The Balaban J connectivity index is 0.00000160. The molecule has 0 aliphatic heterocycles. The molecule has 1 unspecified atom stereocenters. The van der Waals surface area contributed by atoms with Gasteiger partial charge in [-0.2, -0.15) is 0 Å². The van der Waals surface area contributed by atoms with Crippen molar-refractivity contribution in [3.05, 3.63) is 114 Å². The van der Waals surface area contributed by atoms with Gasteiger partial charge in [0.25, 0.3) is 11.8 Å². The van der Waals surface area contributed by atoms with Crippen LogP contribution in [0.25, 0.3) is 33.4 Å². The Morgan fingerprint density at radius 3 is 2.21 bits per heavy atom. The van der Waals surface area contributed by atoms with Crippen molar-refractivity contribution in [3.8, 4) is 22.5 Å². The van der Waals surface area contributed by atoms with Crippen LogP contribution in [-0.4, -0.2) is 46.5 Å². The fraction of sp³-hybridized carbons (Fsp3) is 0.171. The van der Waals surface area contributed by atoms with Crippen molar-refractivity contribution in [1.29, 1.82) is 0 Å². The zero-order valence-corrected chi connectivity index (χ0v) is 27.1. The number of nitrogens with one attached hydrogen (secondary N) is 2. The van der Waals surface area contributed by atoms with E-state index in [2.05, 4.69) is 16.4 Å². The highest BCUT2D eigenvalue weighted by molar-refractivity contribution is 7.92. The summed E-state index contributed by atoms with van der Waals surface area (Å²) >= 11 is 0. The van der Waals surface area contributed by atoms with Crippen molar-refractivity contribution in [2.75, 3.05) is 24.2 Å². The lowest BCUT2D eigenvalue weighted by atomic mass is 9.97. The van der Waals surface area contributed by atoms with Crippen LogP contribution < -0.4 is 20.7 Å². The van der Waals surface area contributed by atoms with E-state index in [0.29, 0.717) is 33.3 Å². The minimum Gasteiger partial charge on any atom is -0.455 e. The number of rotatable bonds is 9. The SMILES string of the molecule is CCN(c1cc2oc(-c3ccc(F)cc3)c(C(=O)NC)c2cc1-c1cccc(C(=O)NC(C)c2ccccc2)c1)S(C)(=O)=O.NC=O. The Kier molecular flexibility index (Phi) is 10.8. The van der Waals surface area contributed by atoms with E-state index >= 15 is 0 Å². The molecule has 0 radical (unpaired) electrons. The second-order valence-corrected chi connectivity index (χ2v) is 12.4. The van der Waals surface area contributed by atoms with Crippen LogP contribution in [0.15, 0.2) is 95.4 Å². The fourth-order valence-electron chi connectivity index (χ4n) is 5.24. The van der Waals surface area contributed by atoms with E-state index in [4.69, 9.17) is 9.21 Å². The molecule has 1 atom stereocenters. The monoisotopic (exact) mass is 658 g/mol. The first kappa shape index (κ1) is 34.4. The molecule has 0 spiro atoms. The highest BCUT2D eigenvalue weighted by Gasteiger charge is 2.27. The van der Waals surface area contributed by atoms with Crippen LogP contribution in [0.5, 0.6) is 0 Å². The van der Waals surface area contributed by atoms with Crippen LogP contribution >= 0.6 is 0 Å². The van der Waals surface area contributed by atoms with Crippen molar-refractivity contribution >= 4 is 44.9 Å². The average Bonchev–Trinajstić information content (AvgIpc) is 3.43. The van der Waals surface area contributed by atoms with Crippen LogP contribution in [0.1, 0.15) is 46.2 Å². The molecular formula is C35H35FN4O6S. The van der Waals surface area contributed by atoms with E-state index in [-0.39, 0.29) is 41.8 Å². The van der Waals surface area contributed by atoms with Gasteiger partial charge in [-0.05, 0) is 67.4 Å². The quantitative estimate of drug-likeness (QED) is 0.174. The van der Waals surface area contributed by atoms with Gasteiger partial charge in [-0.1, -0.05) is 42.5 Å². The molecule has 47 heavy (non-hydrogen) atoms. The van der Waals surface area contributed by atoms with Gasteiger partial charge >= 0.3 is 0 Å². The summed E-state index contributed by atoms with van der Waals surface area (Å²) in [5, 5.41) is 6.08. The maximum Gasteiger partial charge on any atom is 0.255 e. The molecule has 5 aromatic rings. The Labute approximate surface area is 272 Å². The number of primary amides is 1. The van der Waals surface area contributed by atoms with Gasteiger partial charge in [0.15, 0.2) is 0 Å². The summed E-state index contributed by atoms with van der Waals surface area (Å²) in [5.41, 5.74) is 7.83. The number of furan rings is 1. The predicted molar refractivity (Wildman–Crippen MR) is 181 cm³/mol. The normalized spacial score (nSPS) is 11.6. The van der Waals surface area contributed by atoms with Crippen LogP contribution in [0.3, 0.4) is 0 Å². The van der Waals surface area contributed by atoms with Gasteiger partial charge in [-0.15, -0.1) is 0 Å². The van der Waals surface area contributed by atoms with Crippen molar-refractivity contribution in [3.63, 3.8) is 0 Å². The highest BCUT2D eigenvalue weighted by atomic mass is 32.2. The summed E-state index contributed by atoms with van der Waals surface area (Å²) < 4.78 is 47.0. The third kappa shape index (κ3) is 7.67. The van der Waals surface area contributed by atoms with Gasteiger partial charge in [0.1, 0.15) is 17.2 Å². The van der Waals surface area contributed by atoms with Gasteiger partial charge in [-0.3, -0.25) is 18.7 Å². The van der Waals surface area contributed by atoms with Gasteiger partial charge in [0, 0.05) is 41.7 Å². The molecule has 4 aromatic carbocycles. The molecular weight excluding hydrogens is 623 g/mol. The Morgan fingerprint density at radius 1 is 0.957 bits per heavy atom. The van der Waals surface area contributed by atoms with Crippen LogP contribution in [0.4, 0.5) is 10.1 Å². The summed E-state index contributed by atoms with van der Waals surface area (Å²) in [4.78, 5) is 35.1. The van der Waals surface area contributed by atoms with Gasteiger partial charge < -0.3 is 20.8 Å². The number of nitrogens with two attached hydrogens (primary N) is 1. The maximum absolute atomic E-state index is 13.7. The Hall–Kier alpha value is -5.49. The summed E-state index contributed by atoms with van der Waals surface area (Å²) in [5.74, 6) is -0.952. The number of fused-ring (bicyclic) bond motifs is 1. The molecule has 1 heterocycles. The lowest BCUT2D eigenvalue weighted by molar-refractivity contribution is -0.106. The molecule has 0 fully saturated rings. The molecule has 3 amide bonds. The number of hydrogen-bond donors (Lipinski definition) is 3. The van der Waals surface area contributed by atoms with Crippen molar-refractivity contribution in [2.45, 2.75) is 19.9 Å². The molecule has 244 valence electrons. The van der Waals surface area contributed by atoms with Gasteiger partial charge in [0.05, 0.1) is 23.5 Å². The van der Waals surface area contributed by atoms with Crippen LogP contribution in [0, 0.1) is 5.82 Å². The number of amides is 3. The molecule has 0 aliphatic carbocycles. The average molecular weight is 659 g/mol. The lowest BCUT2D eigenvalue weighted by Gasteiger charge is -2.24. The third-order valence-electron chi connectivity index (χ3n) is 7.41. The van der Waals surface area contributed by atoms with Crippen LogP contribution in [-0.2, 0) is 14.8 Å². The second-order valence-electron chi connectivity index (χ2n) is 10.5. The topological polar surface area (TPSA) is 152 Å². The molecule has 10 nitrogen and oxygen atoms in total. The zero-order chi connectivity index (χ0) is 34.3. The van der Waals surface area contributed by atoms with Gasteiger partial charge in [-0.25, -0.2) is 12.8 Å². The minimum atomic E-state index is -3.73. The first-order valence-electron chi connectivity index (χ1n) is 14.6.